The van der Waals surface area contributed by atoms with Gasteiger partial charge in [-0.15, -0.1) is 0 Å². The van der Waals surface area contributed by atoms with Crippen molar-refractivity contribution in [3.05, 3.63) is 89.5 Å². The molecule has 0 radical (unpaired) electrons. The molecule has 0 aliphatic heterocycles. The summed E-state index contributed by atoms with van der Waals surface area (Å²) in [7, 11) is 3.13. The quantitative estimate of drug-likeness (QED) is 0.465. The van der Waals surface area contributed by atoms with Crippen molar-refractivity contribution in [2.24, 2.45) is 5.10 Å². The number of hydrogen-bond donors (Lipinski definition) is 1. The van der Waals surface area contributed by atoms with E-state index in [1.54, 1.807) is 44.6 Å². The van der Waals surface area contributed by atoms with Gasteiger partial charge in [0.05, 0.1) is 26.0 Å². The summed E-state index contributed by atoms with van der Waals surface area (Å²) in [4.78, 5) is 12.5. The zero-order chi connectivity index (χ0) is 20.5. The highest BCUT2D eigenvalue weighted by molar-refractivity contribution is 5.97. The molecule has 148 valence electrons. The number of amides is 1. The second-order valence-electron chi connectivity index (χ2n) is 6.08. The predicted octanol–water partition coefficient (Wildman–Crippen LogP) is 4.05. The van der Waals surface area contributed by atoms with Crippen LogP contribution in [0.3, 0.4) is 0 Å². The van der Waals surface area contributed by atoms with Crippen LogP contribution in [-0.2, 0) is 6.61 Å². The molecule has 3 aromatic carbocycles. The molecule has 0 atom stereocenters. The molecule has 0 spiro atoms. The maximum absolute atomic E-state index is 12.5. The number of hydrogen-bond acceptors (Lipinski definition) is 5. The summed E-state index contributed by atoms with van der Waals surface area (Å²) in [6.45, 7) is 0.375. The highest BCUT2D eigenvalue weighted by Crippen LogP contribution is 2.26. The smallest absolute Gasteiger partial charge is 0.275 e. The van der Waals surface area contributed by atoms with E-state index in [-0.39, 0.29) is 5.91 Å². The van der Waals surface area contributed by atoms with Gasteiger partial charge in [-0.2, -0.15) is 5.10 Å². The van der Waals surface area contributed by atoms with Crippen LogP contribution in [0, 0.1) is 0 Å². The summed E-state index contributed by atoms with van der Waals surface area (Å²) in [6.07, 6.45) is 1.54. The predicted molar refractivity (Wildman–Crippen MR) is 112 cm³/mol. The molecular weight excluding hydrogens is 368 g/mol. The van der Waals surface area contributed by atoms with E-state index >= 15 is 0 Å². The lowest BCUT2D eigenvalue weighted by atomic mass is 10.2. The van der Waals surface area contributed by atoms with Gasteiger partial charge in [-0.05, 0) is 41.5 Å². The van der Waals surface area contributed by atoms with Gasteiger partial charge in [-0.25, -0.2) is 5.43 Å². The topological polar surface area (TPSA) is 69.2 Å². The van der Waals surface area contributed by atoms with Crippen LogP contribution in [-0.4, -0.2) is 26.3 Å². The summed E-state index contributed by atoms with van der Waals surface area (Å²) in [5.74, 6) is 1.35. The molecule has 3 aromatic rings. The Bertz CT molecular complexity index is 987. The number of nitrogens with one attached hydrogen (secondary N) is 1. The fourth-order valence-corrected chi connectivity index (χ4v) is 2.67. The van der Waals surface area contributed by atoms with E-state index < -0.39 is 0 Å². The fourth-order valence-electron chi connectivity index (χ4n) is 2.67. The summed E-state index contributed by atoms with van der Waals surface area (Å²) >= 11 is 0. The molecular formula is C23H22N2O4. The van der Waals surface area contributed by atoms with Crippen molar-refractivity contribution in [1.82, 2.24) is 5.43 Å². The van der Waals surface area contributed by atoms with Crippen LogP contribution in [0.1, 0.15) is 21.5 Å². The Hall–Kier alpha value is -3.80. The van der Waals surface area contributed by atoms with Gasteiger partial charge in [0.1, 0.15) is 12.4 Å². The molecule has 6 nitrogen and oxygen atoms in total. The number of rotatable bonds is 8. The normalized spacial score (nSPS) is 10.6. The van der Waals surface area contributed by atoms with Gasteiger partial charge in [0, 0.05) is 0 Å². The maximum Gasteiger partial charge on any atom is 0.275 e. The molecule has 1 N–H and O–H groups in total. The molecule has 0 unspecified atom stereocenters. The number of benzene rings is 3. The number of hydrazone groups is 1. The zero-order valence-corrected chi connectivity index (χ0v) is 16.3. The molecule has 6 heteroatoms. The Morgan fingerprint density at radius 3 is 2.38 bits per heavy atom. The highest BCUT2D eigenvalue weighted by Gasteiger charge is 2.11. The largest absolute Gasteiger partial charge is 0.493 e. The Morgan fingerprint density at radius 1 is 0.897 bits per heavy atom. The van der Waals surface area contributed by atoms with Gasteiger partial charge < -0.3 is 14.2 Å². The van der Waals surface area contributed by atoms with E-state index in [9.17, 15) is 4.79 Å². The van der Waals surface area contributed by atoms with E-state index in [2.05, 4.69) is 10.5 Å². The van der Waals surface area contributed by atoms with Gasteiger partial charge in [0.15, 0.2) is 11.5 Å². The fraction of sp³-hybridized carbons (Fsp3) is 0.130. The molecule has 0 saturated carbocycles. The Morgan fingerprint density at radius 2 is 1.62 bits per heavy atom. The number of ether oxygens (including phenoxy) is 3. The lowest BCUT2D eigenvalue weighted by Gasteiger charge is -2.10. The molecule has 0 heterocycles. The molecule has 0 fully saturated rings. The number of carbonyl (C=O) groups is 1. The van der Waals surface area contributed by atoms with Crippen LogP contribution in [0.4, 0.5) is 0 Å². The summed E-state index contributed by atoms with van der Waals surface area (Å²) in [5, 5.41) is 4.03. The number of para-hydroxylation sites is 1. The summed E-state index contributed by atoms with van der Waals surface area (Å²) in [6, 6.07) is 22.2. The summed E-state index contributed by atoms with van der Waals surface area (Å²) < 4.78 is 16.3. The SMILES string of the molecule is COc1ccc(/C=N/NC(=O)c2ccccc2OCc2ccccc2)cc1OC. The molecule has 0 saturated heterocycles. The van der Waals surface area contributed by atoms with Crippen molar-refractivity contribution < 1.29 is 19.0 Å². The van der Waals surface area contributed by atoms with Gasteiger partial charge in [0.2, 0.25) is 0 Å². The van der Waals surface area contributed by atoms with E-state index in [4.69, 9.17) is 14.2 Å². The van der Waals surface area contributed by atoms with Crippen LogP contribution >= 0.6 is 0 Å². The first-order chi connectivity index (χ1) is 14.2. The van der Waals surface area contributed by atoms with Crippen molar-refractivity contribution in [3.8, 4) is 17.2 Å². The second kappa shape index (κ2) is 9.94. The van der Waals surface area contributed by atoms with Crippen molar-refractivity contribution >= 4 is 12.1 Å². The lowest BCUT2D eigenvalue weighted by Crippen LogP contribution is -2.18. The van der Waals surface area contributed by atoms with Gasteiger partial charge in [0.25, 0.3) is 5.91 Å². The first-order valence-corrected chi connectivity index (χ1v) is 9.02. The first-order valence-electron chi connectivity index (χ1n) is 9.02. The van der Waals surface area contributed by atoms with E-state index in [0.29, 0.717) is 29.4 Å². The van der Waals surface area contributed by atoms with Crippen LogP contribution in [0.15, 0.2) is 77.9 Å². The molecule has 0 aromatic heterocycles. The Labute approximate surface area is 169 Å². The van der Waals surface area contributed by atoms with Crippen LogP contribution in [0.2, 0.25) is 0 Å². The minimum absolute atomic E-state index is 0.356. The Kier molecular flexibility index (Phi) is 6.84. The minimum atomic E-state index is -0.356. The number of methoxy groups -OCH3 is 2. The van der Waals surface area contributed by atoms with Crippen LogP contribution in [0.5, 0.6) is 17.2 Å². The highest BCUT2D eigenvalue weighted by atomic mass is 16.5. The van der Waals surface area contributed by atoms with Crippen LogP contribution in [0.25, 0.3) is 0 Å². The van der Waals surface area contributed by atoms with Crippen molar-refractivity contribution in [2.75, 3.05) is 14.2 Å². The molecule has 0 bridgehead atoms. The average molecular weight is 390 g/mol. The average Bonchev–Trinajstić information content (AvgIpc) is 2.78. The van der Waals surface area contributed by atoms with E-state index in [1.165, 1.54) is 6.21 Å². The van der Waals surface area contributed by atoms with E-state index in [0.717, 1.165) is 11.1 Å². The minimum Gasteiger partial charge on any atom is -0.493 e. The molecule has 29 heavy (non-hydrogen) atoms. The van der Waals surface area contributed by atoms with Crippen molar-refractivity contribution in [2.45, 2.75) is 6.61 Å². The van der Waals surface area contributed by atoms with Gasteiger partial charge in [-0.1, -0.05) is 42.5 Å². The first kappa shape index (κ1) is 19.9. The number of carbonyl (C=O) groups excluding carboxylic acids is 1. The van der Waals surface area contributed by atoms with Crippen LogP contribution < -0.4 is 19.6 Å². The van der Waals surface area contributed by atoms with Crippen molar-refractivity contribution in [1.29, 1.82) is 0 Å². The monoisotopic (exact) mass is 390 g/mol. The molecule has 0 aliphatic carbocycles. The third-order valence-corrected chi connectivity index (χ3v) is 4.16. The third kappa shape index (κ3) is 5.35. The molecule has 3 rings (SSSR count). The van der Waals surface area contributed by atoms with E-state index in [1.807, 2.05) is 42.5 Å². The van der Waals surface area contributed by atoms with Crippen molar-refractivity contribution in [3.63, 3.8) is 0 Å². The Balaban J connectivity index is 1.66. The third-order valence-electron chi connectivity index (χ3n) is 4.16. The second-order valence-corrected chi connectivity index (χ2v) is 6.08. The summed E-state index contributed by atoms with van der Waals surface area (Å²) in [5.41, 5.74) is 4.72. The molecule has 0 aliphatic rings. The standard InChI is InChI=1S/C23H22N2O4/c1-27-21-13-12-18(14-22(21)28-2)15-24-25-23(26)19-10-6-7-11-20(19)29-16-17-8-4-3-5-9-17/h3-15H,16H2,1-2H3,(H,25,26)/b24-15+. The molecule has 1 amide bonds. The number of nitrogens with zero attached hydrogens (tertiary/aromatic N) is 1. The van der Waals surface area contributed by atoms with Gasteiger partial charge >= 0.3 is 0 Å². The van der Waals surface area contributed by atoms with Gasteiger partial charge in [-0.3, -0.25) is 4.79 Å². The zero-order valence-electron chi connectivity index (χ0n) is 16.3. The lowest BCUT2D eigenvalue weighted by molar-refractivity contribution is 0.0950. The maximum atomic E-state index is 12.5.